The first-order valence-corrected chi connectivity index (χ1v) is 6.40. The Hall–Kier alpha value is -1.55. The summed E-state index contributed by atoms with van der Waals surface area (Å²) in [6.45, 7) is 5.02. The molecule has 3 nitrogen and oxygen atoms in total. The molecule has 0 aliphatic rings. The van der Waals surface area contributed by atoms with Crippen LogP contribution in [0.25, 0.3) is 0 Å². The first-order valence-electron chi connectivity index (χ1n) is 5.59. The molecule has 0 amide bonds. The number of nitrogens with zero attached hydrogens (tertiary/aromatic N) is 2. The van der Waals surface area contributed by atoms with Crippen molar-refractivity contribution in [2.75, 3.05) is 11.9 Å². The van der Waals surface area contributed by atoms with E-state index in [2.05, 4.69) is 41.3 Å². The molecule has 2 rings (SSSR count). The van der Waals surface area contributed by atoms with Gasteiger partial charge in [0.25, 0.3) is 0 Å². The third kappa shape index (κ3) is 3.20. The standard InChI is InChI=1S/C13H15N3S/c1-3-14-12-8-13(16-9-15-12)17-11-7-5-4-6-10(11)2/h4-9H,3H2,1-2H3,(H,14,15,16). The molecule has 1 aromatic carbocycles. The Morgan fingerprint density at radius 2 is 2.06 bits per heavy atom. The van der Waals surface area contributed by atoms with E-state index in [9.17, 15) is 0 Å². The minimum atomic E-state index is 0.867. The van der Waals surface area contributed by atoms with Crippen molar-refractivity contribution < 1.29 is 0 Å². The van der Waals surface area contributed by atoms with E-state index >= 15 is 0 Å². The van der Waals surface area contributed by atoms with Crippen LogP contribution in [0, 0.1) is 6.92 Å². The molecule has 0 saturated heterocycles. The molecule has 88 valence electrons. The van der Waals surface area contributed by atoms with Crippen molar-refractivity contribution in [3.8, 4) is 0 Å². The molecule has 0 aliphatic heterocycles. The molecular formula is C13H15N3S. The molecule has 17 heavy (non-hydrogen) atoms. The van der Waals surface area contributed by atoms with E-state index in [0.29, 0.717) is 0 Å². The number of hydrogen-bond acceptors (Lipinski definition) is 4. The second kappa shape index (κ2) is 5.68. The van der Waals surface area contributed by atoms with E-state index in [0.717, 1.165) is 17.4 Å². The van der Waals surface area contributed by atoms with E-state index in [-0.39, 0.29) is 0 Å². The molecule has 4 heteroatoms. The number of hydrogen-bond donors (Lipinski definition) is 1. The summed E-state index contributed by atoms with van der Waals surface area (Å²) in [6, 6.07) is 10.3. The first-order chi connectivity index (χ1) is 8.29. The highest BCUT2D eigenvalue weighted by molar-refractivity contribution is 7.99. The monoisotopic (exact) mass is 245 g/mol. The molecule has 0 spiro atoms. The van der Waals surface area contributed by atoms with Crippen LogP contribution in [0.1, 0.15) is 12.5 Å². The summed E-state index contributed by atoms with van der Waals surface area (Å²) in [7, 11) is 0. The summed E-state index contributed by atoms with van der Waals surface area (Å²) in [5.74, 6) is 0.874. The molecule has 0 radical (unpaired) electrons. The van der Waals surface area contributed by atoms with Gasteiger partial charge in [-0.1, -0.05) is 30.0 Å². The van der Waals surface area contributed by atoms with Crippen LogP contribution in [-0.4, -0.2) is 16.5 Å². The largest absolute Gasteiger partial charge is 0.370 e. The Morgan fingerprint density at radius 1 is 1.24 bits per heavy atom. The van der Waals surface area contributed by atoms with Crippen LogP contribution in [0.5, 0.6) is 0 Å². The number of aromatic nitrogens is 2. The molecule has 0 bridgehead atoms. The maximum Gasteiger partial charge on any atom is 0.130 e. The van der Waals surface area contributed by atoms with Crippen molar-refractivity contribution in [1.29, 1.82) is 0 Å². The predicted octanol–water partition coefficient (Wildman–Crippen LogP) is 3.37. The van der Waals surface area contributed by atoms with Gasteiger partial charge in [-0.2, -0.15) is 0 Å². The highest BCUT2D eigenvalue weighted by atomic mass is 32.2. The van der Waals surface area contributed by atoms with Crippen LogP contribution >= 0.6 is 11.8 Å². The zero-order chi connectivity index (χ0) is 12.1. The third-order valence-corrected chi connectivity index (χ3v) is 3.42. The van der Waals surface area contributed by atoms with Crippen molar-refractivity contribution in [3.63, 3.8) is 0 Å². The lowest BCUT2D eigenvalue weighted by Crippen LogP contribution is -1.99. The van der Waals surface area contributed by atoms with Gasteiger partial charge >= 0.3 is 0 Å². The SMILES string of the molecule is CCNc1cc(Sc2ccccc2C)ncn1. The molecule has 0 unspecified atom stereocenters. The average molecular weight is 245 g/mol. The van der Waals surface area contributed by atoms with Crippen molar-refractivity contribution in [1.82, 2.24) is 9.97 Å². The van der Waals surface area contributed by atoms with E-state index in [1.54, 1.807) is 18.1 Å². The Morgan fingerprint density at radius 3 is 2.82 bits per heavy atom. The zero-order valence-electron chi connectivity index (χ0n) is 9.97. The van der Waals surface area contributed by atoms with Gasteiger partial charge in [0.05, 0.1) is 0 Å². The van der Waals surface area contributed by atoms with Crippen LogP contribution < -0.4 is 5.32 Å². The fourth-order valence-corrected chi connectivity index (χ4v) is 2.33. The summed E-state index contributed by atoms with van der Waals surface area (Å²) in [6.07, 6.45) is 1.60. The average Bonchev–Trinajstić information content (AvgIpc) is 2.33. The normalized spacial score (nSPS) is 10.2. The van der Waals surface area contributed by atoms with Crippen molar-refractivity contribution >= 4 is 17.6 Å². The quantitative estimate of drug-likeness (QED) is 0.838. The van der Waals surface area contributed by atoms with Crippen LogP contribution in [0.2, 0.25) is 0 Å². The Labute approximate surface area is 106 Å². The number of rotatable bonds is 4. The van der Waals surface area contributed by atoms with Gasteiger partial charge in [0.1, 0.15) is 17.2 Å². The minimum absolute atomic E-state index is 0.867. The van der Waals surface area contributed by atoms with Crippen LogP contribution in [0.4, 0.5) is 5.82 Å². The van der Waals surface area contributed by atoms with Gasteiger partial charge in [-0.05, 0) is 25.5 Å². The molecular weight excluding hydrogens is 230 g/mol. The summed E-state index contributed by atoms with van der Waals surface area (Å²) in [5.41, 5.74) is 1.26. The fraction of sp³-hybridized carbons (Fsp3) is 0.231. The van der Waals surface area contributed by atoms with E-state index in [4.69, 9.17) is 0 Å². The minimum Gasteiger partial charge on any atom is -0.370 e. The van der Waals surface area contributed by atoms with Crippen molar-refractivity contribution in [3.05, 3.63) is 42.2 Å². The highest BCUT2D eigenvalue weighted by Crippen LogP contribution is 2.29. The summed E-state index contributed by atoms with van der Waals surface area (Å²) in [4.78, 5) is 9.66. The topological polar surface area (TPSA) is 37.8 Å². The number of anilines is 1. The molecule has 0 saturated carbocycles. The number of aryl methyl sites for hydroxylation is 1. The van der Waals surface area contributed by atoms with Crippen molar-refractivity contribution in [2.45, 2.75) is 23.8 Å². The van der Waals surface area contributed by atoms with Crippen LogP contribution in [-0.2, 0) is 0 Å². The van der Waals surface area contributed by atoms with Crippen LogP contribution in [0.3, 0.4) is 0 Å². The Balaban J connectivity index is 2.18. The Bertz CT molecular complexity index is 500. The van der Waals surface area contributed by atoms with Crippen molar-refractivity contribution in [2.24, 2.45) is 0 Å². The lowest BCUT2D eigenvalue weighted by molar-refractivity contribution is 1.03. The maximum atomic E-state index is 4.27. The van der Waals surface area contributed by atoms with Gasteiger partial charge < -0.3 is 5.32 Å². The highest BCUT2D eigenvalue weighted by Gasteiger charge is 2.02. The second-order valence-corrected chi connectivity index (χ2v) is 4.70. The lowest BCUT2D eigenvalue weighted by atomic mass is 10.2. The number of nitrogens with one attached hydrogen (secondary N) is 1. The molecule has 0 aliphatic carbocycles. The third-order valence-electron chi connectivity index (χ3n) is 2.31. The van der Waals surface area contributed by atoms with Crippen LogP contribution in [0.15, 0.2) is 46.6 Å². The zero-order valence-corrected chi connectivity index (χ0v) is 10.8. The van der Waals surface area contributed by atoms with Gasteiger partial charge in [-0.15, -0.1) is 0 Å². The predicted molar refractivity (Wildman–Crippen MR) is 71.5 cm³/mol. The maximum absolute atomic E-state index is 4.27. The van der Waals surface area contributed by atoms with Gasteiger partial charge in [0.2, 0.25) is 0 Å². The van der Waals surface area contributed by atoms with E-state index in [1.807, 2.05) is 18.2 Å². The van der Waals surface area contributed by atoms with Gasteiger partial charge in [-0.3, -0.25) is 0 Å². The van der Waals surface area contributed by atoms with Gasteiger partial charge in [-0.25, -0.2) is 9.97 Å². The smallest absolute Gasteiger partial charge is 0.130 e. The molecule has 2 aromatic rings. The summed E-state index contributed by atoms with van der Waals surface area (Å²) < 4.78 is 0. The summed E-state index contributed by atoms with van der Waals surface area (Å²) in [5, 5.41) is 4.15. The fourth-order valence-electron chi connectivity index (χ4n) is 1.46. The molecule has 1 heterocycles. The van der Waals surface area contributed by atoms with Gasteiger partial charge in [0.15, 0.2) is 0 Å². The van der Waals surface area contributed by atoms with E-state index < -0.39 is 0 Å². The van der Waals surface area contributed by atoms with Gasteiger partial charge in [0, 0.05) is 17.5 Å². The second-order valence-electron chi connectivity index (χ2n) is 3.64. The van der Waals surface area contributed by atoms with E-state index in [1.165, 1.54) is 10.5 Å². The lowest BCUT2D eigenvalue weighted by Gasteiger charge is -2.06. The Kier molecular flexibility index (Phi) is 3.98. The molecule has 1 N–H and O–H groups in total. The molecule has 1 aromatic heterocycles. The number of benzene rings is 1. The molecule has 0 atom stereocenters. The molecule has 0 fully saturated rings. The first kappa shape index (κ1) is 11.9. The summed E-state index contributed by atoms with van der Waals surface area (Å²) >= 11 is 1.66.